The van der Waals surface area contributed by atoms with Crippen LogP contribution in [-0.2, 0) is 0 Å². The normalized spacial score (nSPS) is 11.3. The van der Waals surface area contributed by atoms with Crippen molar-refractivity contribution in [3.63, 3.8) is 0 Å². The van der Waals surface area contributed by atoms with Gasteiger partial charge < -0.3 is 9.80 Å². The molecule has 0 unspecified atom stereocenters. The fraction of sp³-hybridized carbons (Fsp3) is 0.0980. The van der Waals surface area contributed by atoms with Crippen LogP contribution in [0.4, 0.5) is 34.1 Å². The van der Waals surface area contributed by atoms with Crippen molar-refractivity contribution in [1.29, 1.82) is 0 Å². The van der Waals surface area contributed by atoms with Gasteiger partial charge in [-0.3, -0.25) is 0 Å². The number of hydrogen-bond donors (Lipinski definition) is 0. The standard InChI is InChI=1S/C51H46N2/c1-37-6-24-46(25-7-37)52(47-26-8-38(2)9-27-47)50-32-18-42(19-33-50)14-15-44-17-23-45(41(5)36-44)22-16-43-20-34-51(35-21-43)53(48-28-10-39(3)11-29-48)49-30-12-40(4)13-31-49/h6-36H,1-5H3/b15-14+,22-16+. The van der Waals surface area contributed by atoms with Gasteiger partial charge in [0.25, 0.3) is 0 Å². The van der Waals surface area contributed by atoms with Crippen molar-refractivity contribution in [1.82, 2.24) is 0 Å². The van der Waals surface area contributed by atoms with Gasteiger partial charge in [0.2, 0.25) is 0 Å². The van der Waals surface area contributed by atoms with E-state index in [-0.39, 0.29) is 0 Å². The average molecular weight is 687 g/mol. The van der Waals surface area contributed by atoms with Crippen LogP contribution in [0.25, 0.3) is 24.3 Å². The lowest BCUT2D eigenvalue weighted by atomic mass is 10.0. The van der Waals surface area contributed by atoms with Gasteiger partial charge in [-0.2, -0.15) is 0 Å². The van der Waals surface area contributed by atoms with E-state index >= 15 is 0 Å². The lowest BCUT2D eigenvalue weighted by Crippen LogP contribution is -2.09. The summed E-state index contributed by atoms with van der Waals surface area (Å²) in [7, 11) is 0. The first-order valence-electron chi connectivity index (χ1n) is 18.3. The molecule has 0 atom stereocenters. The zero-order valence-corrected chi connectivity index (χ0v) is 31.3. The fourth-order valence-corrected chi connectivity index (χ4v) is 6.51. The SMILES string of the molecule is Cc1ccc(N(c2ccc(C)cc2)c2ccc(/C=C/c3ccc(/C=C/c4ccc(N(c5ccc(C)cc5)c5ccc(C)cc5)cc4)c(C)c3)cc2)cc1. The molecule has 0 bridgehead atoms. The van der Waals surface area contributed by atoms with Crippen molar-refractivity contribution in [3.05, 3.63) is 214 Å². The number of benzene rings is 7. The van der Waals surface area contributed by atoms with E-state index in [9.17, 15) is 0 Å². The van der Waals surface area contributed by atoms with Gasteiger partial charge in [0.1, 0.15) is 0 Å². The number of anilines is 6. The van der Waals surface area contributed by atoms with Crippen molar-refractivity contribution in [2.45, 2.75) is 34.6 Å². The fourth-order valence-electron chi connectivity index (χ4n) is 6.51. The Hall–Kier alpha value is -6.38. The molecule has 2 heteroatoms. The van der Waals surface area contributed by atoms with Crippen LogP contribution in [0.5, 0.6) is 0 Å². The van der Waals surface area contributed by atoms with Gasteiger partial charge in [-0.25, -0.2) is 0 Å². The molecule has 2 nitrogen and oxygen atoms in total. The highest BCUT2D eigenvalue weighted by atomic mass is 15.1. The molecule has 0 spiro atoms. The molecule has 7 aromatic rings. The second-order valence-electron chi connectivity index (χ2n) is 14.0. The van der Waals surface area contributed by atoms with Crippen LogP contribution in [0.1, 0.15) is 50.1 Å². The summed E-state index contributed by atoms with van der Waals surface area (Å²) in [6.07, 6.45) is 8.79. The third kappa shape index (κ3) is 8.57. The van der Waals surface area contributed by atoms with Gasteiger partial charge in [0.15, 0.2) is 0 Å². The molecule has 0 heterocycles. The Morgan fingerprint density at radius 3 is 0.868 bits per heavy atom. The van der Waals surface area contributed by atoms with Crippen molar-refractivity contribution in [3.8, 4) is 0 Å². The maximum Gasteiger partial charge on any atom is 0.0462 e. The van der Waals surface area contributed by atoms with Gasteiger partial charge in [0.05, 0.1) is 0 Å². The van der Waals surface area contributed by atoms with Crippen LogP contribution in [-0.4, -0.2) is 0 Å². The second-order valence-corrected chi connectivity index (χ2v) is 14.0. The van der Waals surface area contributed by atoms with Crippen LogP contribution in [0.15, 0.2) is 164 Å². The highest BCUT2D eigenvalue weighted by molar-refractivity contribution is 5.80. The Morgan fingerprint density at radius 2 is 0.547 bits per heavy atom. The lowest BCUT2D eigenvalue weighted by Gasteiger charge is -2.26. The topological polar surface area (TPSA) is 6.48 Å². The summed E-state index contributed by atoms with van der Waals surface area (Å²) in [5, 5.41) is 0. The molecule has 260 valence electrons. The molecule has 0 fully saturated rings. The van der Waals surface area contributed by atoms with Crippen molar-refractivity contribution < 1.29 is 0 Å². The molecule has 0 aliphatic heterocycles. The number of rotatable bonds is 10. The number of hydrogen-bond acceptors (Lipinski definition) is 2. The number of aryl methyl sites for hydroxylation is 5. The molecular weight excluding hydrogens is 641 g/mol. The molecule has 7 rings (SSSR count). The predicted molar refractivity (Wildman–Crippen MR) is 230 cm³/mol. The molecule has 0 aromatic heterocycles. The maximum atomic E-state index is 2.31. The van der Waals surface area contributed by atoms with Crippen molar-refractivity contribution >= 4 is 58.4 Å². The first-order valence-corrected chi connectivity index (χ1v) is 18.3. The van der Waals surface area contributed by atoms with E-state index in [1.54, 1.807) is 0 Å². The Kier molecular flexibility index (Phi) is 10.5. The Morgan fingerprint density at radius 1 is 0.283 bits per heavy atom. The molecule has 0 saturated heterocycles. The molecular formula is C51H46N2. The largest absolute Gasteiger partial charge is 0.311 e. The van der Waals surface area contributed by atoms with Gasteiger partial charge >= 0.3 is 0 Å². The summed E-state index contributed by atoms with van der Waals surface area (Å²) in [4.78, 5) is 4.62. The summed E-state index contributed by atoms with van der Waals surface area (Å²) < 4.78 is 0. The summed E-state index contributed by atoms with van der Waals surface area (Å²) in [6, 6.07) is 59.1. The van der Waals surface area contributed by atoms with Gasteiger partial charge in [0, 0.05) is 34.1 Å². The highest BCUT2D eigenvalue weighted by Gasteiger charge is 2.13. The zero-order chi connectivity index (χ0) is 36.7. The number of nitrogens with zero attached hydrogens (tertiary/aromatic N) is 2. The minimum Gasteiger partial charge on any atom is -0.311 e. The second kappa shape index (κ2) is 15.9. The molecule has 0 aliphatic carbocycles. The third-order valence-corrected chi connectivity index (χ3v) is 9.69. The summed E-state index contributed by atoms with van der Waals surface area (Å²) in [5.41, 5.74) is 17.8. The van der Waals surface area contributed by atoms with E-state index in [0.29, 0.717) is 0 Å². The summed E-state index contributed by atoms with van der Waals surface area (Å²) in [6.45, 7) is 10.7. The Labute approximate surface area is 315 Å². The minimum absolute atomic E-state index is 1.13. The van der Waals surface area contributed by atoms with E-state index in [0.717, 1.165) is 45.3 Å². The maximum absolute atomic E-state index is 2.31. The predicted octanol–water partition coefficient (Wildman–Crippen LogP) is 14.5. The minimum atomic E-state index is 1.13. The molecule has 0 saturated carbocycles. The van der Waals surface area contributed by atoms with Crippen LogP contribution < -0.4 is 9.80 Å². The van der Waals surface area contributed by atoms with E-state index < -0.39 is 0 Å². The molecule has 0 aliphatic rings. The first-order chi connectivity index (χ1) is 25.8. The summed E-state index contributed by atoms with van der Waals surface area (Å²) >= 11 is 0. The van der Waals surface area contributed by atoms with E-state index in [1.807, 2.05) is 0 Å². The van der Waals surface area contributed by atoms with Crippen LogP contribution in [0.2, 0.25) is 0 Å². The lowest BCUT2D eigenvalue weighted by molar-refractivity contribution is 1.27. The van der Waals surface area contributed by atoms with Crippen molar-refractivity contribution in [2.24, 2.45) is 0 Å². The van der Waals surface area contributed by atoms with E-state index in [1.165, 1.54) is 38.9 Å². The van der Waals surface area contributed by atoms with Gasteiger partial charge in [-0.1, -0.05) is 138 Å². The van der Waals surface area contributed by atoms with Gasteiger partial charge in [-0.15, -0.1) is 0 Å². The Bertz CT molecular complexity index is 2240. The van der Waals surface area contributed by atoms with Gasteiger partial charge in [-0.05, 0) is 135 Å². The average Bonchev–Trinajstić information content (AvgIpc) is 3.18. The van der Waals surface area contributed by atoms with Crippen LogP contribution in [0.3, 0.4) is 0 Å². The molecule has 0 radical (unpaired) electrons. The molecule has 0 N–H and O–H groups in total. The molecule has 53 heavy (non-hydrogen) atoms. The quantitative estimate of drug-likeness (QED) is 0.132. The Balaban J connectivity index is 1.04. The zero-order valence-electron chi connectivity index (χ0n) is 31.3. The highest BCUT2D eigenvalue weighted by Crippen LogP contribution is 2.36. The first kappa shape index (κ1) is 35.0. The van der Waals surface area contributed by atoms with E-state index in [4.69, 9.17) is 0 Å². The van der Waals surface area contributed by atoms with Crippen molar-refractivity contribution in [2.75, 3.05) is 9.80 Å². The van der Waals surface area contributed by atoms with E-state index in [2.05, 4.69) is 233 Å². The third-order valence-electron chi connectivity index (χ3n) is 9.69. The molecule has 0 amide bonds. The summed E-state index contributed by atoms with van der Waals surface area (Å²) in [5.74, 6) is 0. The van der Waals surface area contributed by atoms with Crippen LogP contribution >= 0.6 is 0 Å². The van der Waals surface area contributed by atoms with Crippen LogP contribution in [0, 0.1) is 34.6 Å². The molecule has 7 aromatic carbocycles. The smallest absolute Gasteiger partial charge is 0.0462 e. The monoisotopic (exact) mass is 686 g/mol.